The van der Waals surface area contributed by atoms with Crippen molar-refractivity contribution >= 4 is 17.8 Å². The summed E-state index contributed by atoms with van der Waals surface area (Å²) in [7, 11) is 1.67. The number of ether oxygens (including phenoxy) is 2. The van der Waals surface area contributed by atoms with Crippen molar-refractivity contribution in [1.82, 2.24) is 20.3 Å². The number of carbonyl (C=O) groups is 2. The molecule has 3 heterocycles. The highest BCUT2D eigenvalue weighted by Crippen LogP contribution is 2.41. The van der Waals surface area contributed by atoms with Gasteiger partial charge < -0.3 is 24.3 Å². The normalized spacial score (nSPS) is 23.5. The summed E-state index contributed by atoms with van der Waals surface area (Å²) in [5, 5.41) is 11.8. The van der Waals surface area contributed by atoms with Gasteiger partial charge in [0.2, 0.25) is 5.91 Å². The van der Waals surface area contributed by atoms with Gasteiger partial charge in [0.05, 0.1) is 25.5 Å². The van der Waals surface area contributed by atoms with E-state index in [-0.39, 0.29) is 30.6 Å². The molecule has 0 unspecified atom stereocenters. The van der Waals surface area contributed by atoms with Gasteiger partial charge in [-0.2, -0.15) is 0 Å². The quantitative estimate of drug-likeness (QED) is 0.246. The Morgan fingerprint density at radius 3 is 2.45 bits per heavy atom. The number of alkyl carbamates (subject to hydrolysis) is 1. The summed E-state index contributed by atoms with van der Waals surface area (Å²) in [6, 6.07) is 7.59. The lowest BCUT2D eigenvalue weighted by molar-refractivity contribution is -0.124. The fraction of sp³-hybridized carbons (Fsp3) is 0.583. The van der Waals surface area contributed by atoms with Crippen LogP contribution in [-0.2, 0) is 9.53 Å². The van der Waals surface area contributed by atoms with Crippen LogP contribution in [0.25, 0.3) is 11.3 Å². The average molecular weight is 646 g/mol. The monoisotopic (exact) mass is 645 g/mol. The van der Waals surface area contributed by atoms with Crippen LogP contribution in [0.15, 0.2) is 41.1 Å². The van der Waals surface area contributed by atoms with Gasteiger partial charge in [-0.05, 0) is 108 Å². The van der Waals surface area contributed by atoms with Crippen molar-refractivity contribution in [1.29, 1.82) is 0 Å². The number of rotatable bonds is 11. The van der Waals surface area contributed by atoms with Crippen molar-refractivity contribution in [2.75, 3.05) is 25.2 Å². The van der Waals surface area contributed by atoms with Crippen molar-refractivity contribution in [2.45, 2.75) is 102 Å². The third-order valence-electron chi connectivity index (χ3n) is 9.95. The number of aromatic nitrogens is 3. The number of aliphatic hydroxyl groups is 1. The molecule has 2 amide bonds. The molecule has 3 saturated carbocycles. The Balaban J connectivity index is 1.15. The third kappa shape index (κ3) is 8.12. The summed E-state index contributed by atoms with van der Waals surface area (Å²) in [6.45, 7) is 4.14. The summed E-state index contributed by atoms with van der Waals surface area (Å²) in [5.74, 6) is 3.25. The molecule has 11 heteroatoms. The van der Waals surface area contributed by atoms with Gasteiger partial charge in [0.1, 0.15) is 29.6 Å². The smallest absolute Gasteiger partial charge is 0.407 e. The second-order valence-corrected chi connectivity index (χ2v) is 13.5. The number of anilines is 1. The molecule has 252 valence electrons. The van der Waals surface area contributed by atoms with Crippen LogP contribution in [0.3, 0.4) is 0 Å². The first-order chi connectivity index (χ1) is 22.8. The largest absolute Gasteiger partial charge is 0.495 e. The highest BCUT2D eigenvalue weighted by molar-refractivity contribution is 5.94. The molecule has 0 spiro atoms. The molecule has 6 rings (SSSR count). The first kappa shape index (κ1) is 32.9. The number of nitrogens with zero attached hydrogens (tertiary/aromatic N) is 4. The number of hydrogen-bond donors (Lipinski definition) is 2. The summed E-state index contributed by atoms with van der Waals surface area (Å²) in [5.41, 5.74) is 3.66. The molecule has 3 aliphatic rings. The summed E-state index contributed by atoms with van der Waals surface area (Å²) in [4.78, 5) is 42.7. The van der Waals surface area contributed by atoms with Crippen molar-refractivity contribution in [3.05, 3.63) is 54.0 Å². The molecule has 2 N–H and O–H groups in total. The highest BCUT2D eigenvalue weighted by atomic mass is 16.6. The van der Waals surface area contributed by atoms with E-state index in [0.717, 1.165) is 72.8 Å². The van der Waals surface area contributed by atoms with Gasteiger partial charge in [0.15, 0.2) is 5.89 Å². The third-order valence-corrected chi connectivity index (χ3v) is 9.95. The standard InChI is InChI=1S/C36H47N5O6/c1-22(20-42)38-36(44)47-29-12-10-27(11-13-29)35(43)41(33-18-28(16-17-37-33)31-21-46-34(40-31)26-8-9-26)19-24-4-6-25(7-5-24)30-14-15-32(45-3)23(2)39-30/h14-18,21-22,24-27,29,42H,4-13,19-20H2,1-3H3,(H,38,44)/t22-,24?,25?,27?,29?/m1/s1. The van der Waals surface area contributed by atoms with Crippen LogP contribution < -0.4 is 15.0 Å². The molecule has 3 aliphatic carbocycles. The maximum absolute atomic E-state index is 14.3. The van der Waals surface area contributed by atoms with Crippen LogP contribution in [0.5, 0.6) is 5.75 Å². The van der Waals surface area contributed by atoms with Gasteiger partial charge in [-0.3, -0.25) is 14.7 Å². The van der Waals surface area contributed by atoms with Crippen molar-refractivity contribution in [3.8, 4) is 17.0 Å². The van der Waals surface area contributed by atoms with Crippen LogP contribution in [0, 0.1) is 18.8 Å². The minimum Gasteiger partial charge on any atom is -0.495 e. The fourth-order valence-corrected chi connectivity index (χ4v) is 6.95. The Morgan fingerprint density at radius 2 is 1.77 bits per heavy atom. The SMILES string of the molecule is COc1ccc(C2CCC(CN(C(=O)C3CCC(OC(=O)N[C@H](C)CO)CC3)c3cc(-c4coc(C5CC5)n4)ccn3)CC2)nc1C. The minimum atomic E-state index is -0.530. The van der Waals surface area contributed by atoms with E-state index in [1.165, 1.54) is 0 Å². The zero-order valence-corrected chi connectivity index (χ0v) is 27.7. The zero-order chi connectivity index (χ0) is 32.9. The molecule has 0 aromatic carbocycles. The van der Waals surface area contributed by atoms with E-state index in [1.54, 1.807) is 26.5 Å². The zero-order valence-electron chi connectivity index (χ0n) is 27.7. The Labute approximate surface area is 276 Å². The lowest BCUT2D eigenvalue weighted by Gasteiger charge is -2.35. The molecular weight excluding hydrogens is 598 g/mol. The van der Waals surface area contributed by atoms with E-state index in [9.17, 15) is 14.7 Å². The van der Waals surface area contributed by atoms with Gasteiger partial charge in [-0.15, -0.1) is 0 Å². The average Bonchev–Trinajstić information content (AvgIpc) is 3.83. The second-order valence-electron chi connectivity index (χ2n) is 13.5. The van der Waals surface area contributed by atoms with Crippen molar-refractivity contribution < 1.29 is 28.6 Å². The van der Waals surface area contributed by atoms with E-state index >= 15 is 0 Å². The highest BCUT2D eigenvalue weighted by Gasteiger charge is 2.35. The molecule has 3 aromatic heterocycles. The Bertz CT molecular complexity index is 1520. The van der Waals surface area contributed by atoms with Gasteiger partial charge in [0.25, 0.3) is 0 Å². The van der Waals surface area contributed by atoms with Crippen LogP contribution >= 0.6 is 0 Å². The summed E-state index contributed by atoms with van der Waals surface area (Å²) >= 11 is 0. The number of nitrogens with one attached hydrogen (secondary N) is 1. The molecule has 3 fully saturated rings. The molecule has 47 heavy (non-hydrogen) atoms. The first-order valence-electron chi connectivity index (χ1n) is 17.1. The van der Waals surface area contributed by atoms with Gasteiger partial charge in [-0.25, -0.2) is 14.8 Å². The van der Waals surface area contributed by atoms with E-state index < -0.39 is 6.09 Å². The lowest BCUT2D eigenvalue weighted by atomic mass is 9.79. The Kier molecular flexibility index (Phi) is 10.4. The van der Waals surface area contributed by atoms with Crippen LogP contribution in [0.4, 0.5) is 10.6 Å². The maximum Gasteiger partial charge on any atom is 0.407 e. The molecular formula is C36H47N5O6. The number of aryl methyl sites for hydroxylation is 1. The number of aliphatic hydroxyl groups excluding tert-OH is 1. The summed E-state index contributed by atoms with van der Waals surface area (Å²) < 4.78 is 16.8. The van der Waals surface area contributed by atoms with Gasteiger partial charge in [0, 0.05) is 41.8 Å². The lowest BCUT2D eigenvalue weighted by Crippen LogP contribution is -2.43. The van der Waals surface area contributed by atoms with E-state index in [4.69, 9.17) is 28.8 Å². The Morgan fingerprint density at radius 1 is 1.02 bits per heavy atom. The number of hydrogen-bond acceptors (Lipinski definition) is 9. The number of oxazole rings is 1. The number of carbonyl (C=O) groups excluding carboxylic acids is 2. The number of methoxy groups -OCH3 is 1. The topological polar surface area (TPSA) is 140 Å². The first-order valence-corrected chi connectivity index (χ1v) is 17.1. The van der Waals surface area contributed by atoms with E-state index in [0.29, 0.717) is 55.8 Å². The molecule has 0 saturated heterocycles. The molecule has 0 bridgehead atoms. The minimum absolute atomic E-state index is 0.0693. The van der Waals surface area contributed by atoms with Crippen LogP contribution in [-0.4, -0.2) is 64.5 Å². The summed E-state index contributed by atoms with van der Waals surface area (Å²) in [6.07, 6.45) is 11.4. The van der Waals surface area contributed by atoms with Crippen molar-refractivity contribution in [3.63, 3.8) is 0 Å². The predicted octanol–water partition coefficient (Wildman–Crippen LogP) is 6.30. The Hall–Kier alpha value is -3.99. The van der Waals surface area contributed by atoms with E-state index in [2.05, 4.69) is 11.4 Å². The van der Waals surface area contributed by atoms with Gasteiger partial charge >= 0.3 is 6.09 Å². The number of amides is 2. The van der Waals surface area contributed by atoms with Crippen LogP contribution in [0.1, 0.15) is 100 Å². The van der Waals surface area contributed by atoms with E-state index in [1.807, 2.05) is 30.0 Å². The molecule has 0 radical (unpaired) electrons. The molecule has 0 aliphatic heterocycles. The fourth-order valence-electron chi connectivity index (χ4n) is 6.95. The maximum atomic E-state index is 14.3. The molecule has 3 aromatic rings. The number of pyridine rings is 2. The molecule has 1 atom stereocenters. The van der Waals surface area contributed by atoms with Crippen LogP contribution in [0.2, 0.25) is 0 Å². The second kappa shape index (κ2) is 14.8. The van der Waals surface area contributed by atoms with Gasteiger partial charge in [-0.1, -0.05) is 0 Å². The predicted molar refractivity (Wildman–Crippen MR) is 176 cm³/mol. The van der Waals surface area contributed by atoms with Crippen molar-refractivity contribution in [2.24, 2.45) is 11.8 Å². The molecule has 11 nitrogen and oxygen atoms in total.